The molecule has 0 spiro atoms. The number of pyridine rings is 1. The highest BCUT2D eigenvalue weighted by Crippen LogP contribution is 2.17. The minimum Gasteiger partial charge on any atom is -0.371 e. The third-order valence-corrected chi connectivity index (χ3v) is 2.15. The zero-order chi connectivity index (χ0) is 10.7. The molecule has 15 heavy (non-hydrogen) atoms. The van der Waals surface area contributed by atoms with Gasteiger partial charge in [0, 0.05) is 13.2 Å². The van der Waals surface area contributed by atoms with Crippen LogP contribution in [-0.4, -0.2) is 22.2 Å². The fourth-order valence-corrected chi connectivity index (χ4v) is 1.37. The van der Waals surface area contributed by atoms with E-state index in [1.807, 2.05) is 38.2 Å². The highest BCUT2D eigenvalue weighted by Gasteiger charge is 2.04. The number of rotatable bonds is 2. The third-order valence-electron chi connectivity index (χ3n) is 2.15. The number of hydrogen-bond donors (Lipinski definition) is 1. The molecular weight excluding hydrogens is 188 g/mol. The molecule has 4 nitrogen and oxygen atoms in total. The molecular formula is C11H12N4. The molecule has 2 heterocycles. The maximum absolute atomic E-state index is 4.22. The lowest BCUT2D eigenvalue weighted by atomic mass is 10.2. The number of nitrogens with one attached hydrogen (secondary N) is 1. The van der Waals surface area contributed by atoms with E-state index >= 15 is 0 Å². The Kier molecular flexibility index (Phi) is 2.58. The Labute approximate surface area is 88.4 Å². The van der Waals surface area contributed by atoms with Crippen molar-refractivity contribution in [2.45, 2.75) is 6.92 Å². The van der Waals surface area contributed by atoms with Crippen molar-refractivity contribution in [3.63, 3.8) is 0 Å². The quantitative estimate of drug-likeness (QED) is 0.804. The maximum atomic E-state index is 4.22. The summed E-state index contributed by atoms with van der Waals surface area (Å²) in [5, 5.41) is 11.2. The molecule has 76 valence electrons. The van der Waals surface area contributed by atoms with Gasteiger partial charge in [-0.2, -0.15) is 0 Å². The Balaban J connectivity index is 2.43. The summed E-state index contributed by atoms with van der Waals surface area (Å²) in [4.78, 5) is 4.22. The molecule has 4 heteroatoms. The fourth-order valence-electron chi connectivity index (χ4n) is 1.37. The fraction of sp³-hybridized carbons (Fsp3) is 0.182. The SMILES string of the molecule is CNc1nnc(-c2ccccn2)cc1C. The van der Waals surface area contributed by atoms with E-state index in [0.29, 0.717) is 0 Å². The Hall–Kier alpha value is -1.97. The molecule has 0 saturated carbocycles. The highest BCUT2D eigenvalue weighted by molar-refractivity contribution is 5.57. The lowest BCUT2D eigenvalue weighted by Crippen LogP contribution is -1.99. The standard InChI is InChI=1S/C11H12N4/c1-8-7-10(14-15-11(8)12-2)9-5-3-4-6-13-9/h3-7H,1-2H3,(H,12,15). The predicted molar refractivity (Wildman–Crippen MR) is 59.5 cm³/mol. The Morgan fingerprint density at radius 2 is 2.00 bits per heavy atom. The second kappa shape index (κ2) is 4.04. The predicted octanol–water partition coefficient (Wildman–Crippen LogP) is 1.89. The normalized spacial score (nSPS) is 10.0. The first-order valence-electron chi connectivity index (χ1n) is 4.75. The molecule has 0 amide bonds. The first-order chi connectivity index (χ1) is 7.31. The first kappa shape index (κ1) is 9.58. The maximum Gasteiger partial charge on any atom is 0.151 e. The van der Waals surface area contributed by atoms with Crippen LogP contribution in [0.15, 0.2) is 30.5 Å². The molecule has 0 saturated heterocycles. The largest absolute Gasteiger partial charge is 0.371 e. The average molecular weight is 200 g/mol. The van der Waals surface area contributed by atoms with Gasteiger partial charge in [-0.1, -0.05) is 6.07 Å². The van der Waals surface area contributed by atoms with E-state index in [1.165, 1.54) is 0 Å². The second-order valence-electron chi connectivity index (χ2n) is 3.23. The van der Waals surface area contributed by atoms with E-state index in [4.69, 9.17) is 0 Å². The van der Waals surface area contributed by atoms with Crippen LogP contribution in [-0.2, 0) is 0 Å². The molecule has 0 aliphatic rings. The summed E-state index contributed by atoms with van der Waals surface area (Å²) in [6.45, 7) is 1.99. The molecule has 2 aromatic heterocycles. The van der Waals surface area contributed by atoms with Crippen LogP contribution < -0.4 is 5.32 Å². The average Bonchev–Trinajstić information content (AvgIpc) is 2.30. The van der Waals surface area contributed by atoms with E-state index in [1.54, 1.807) is 6.20 Å². The van der Waals surface area contributed by atoms with Crippen LogP contribution in [0.25, 0.3) is 11.4 Å². The topological polar surface area (TPSA) is 50.7 Å². The van der Waals surface area contributed by atoms with E-state index in [-0.39, 0.29) is 0 Å². The Morgan fingerprint density at radius 3 is 2.60 bits per heavy atom. The van der Waals surface area contributed by atoms with Crippen molar-refractivity contribution >= 4 is 5.82 Å². The molecule has 1 N–H and O–H groups in total. The van der Waals surface area contributed by atoms with Crippen molar-refractivity contribution < 1.29 is 0 Å². The van der Waals surface area contributed by atoms with Gasteiger partial charge in [0.15, 0.2) is 5.82 Å². The molecule has 0 bridgehead atoms. The number of anilines is 1. The van der Waals surface area contributed by atoms with Crippen molar-refractivity contribution in [3.8, 4) is 11.4 Å². The summed E-state index contributed by atoms with van der Waals surface area (Å²) in [6, 6.07) is 7.71. The molecule has 0 aliphatic carbocycles. The van der Waals surface area contributed by atoms with E-state index in [2.05, 4.69) is 20.5 Å². The van der Waals surface area contributed by atoms with Crippen molar-refractivity contribution in [2.75, 3.05) is 12.4 Å². The molecule has 2 aromatic rings. The summed E-state index contributed by atoms with van der Waals surface area (Å²) >= 11 is 0. The summed E-state index contributed by atoms with van der Waals surface area (Å²) < 4.78 is 0. The summed E-state index contributed by atoms with van der Waals surface area (Å²) in [7, 11) is 1.83. The summed E-state index contributed by atoms with van der Waals surface area (Å²) in [5.41, 5.74) is 2.70. The van der Waals surface area contributed by atoms with E-state index in [0.717, 1.165) is 22.8 Å². The number of nitrogens with zero attached hydrogens (tertiary/aromatic N) is 3. The van der Waals surface area contributed by atoms with Gasteiger partial charge in [0.05, 0.1) is 5.69 Å². The minimum atomic E-state index is 0.798. The first-order valence-corrected chi connectivity index (χ1v) is 4.75. The van der Waals surface area contributed by atoms with Crippen molar-refractivity contribution in [3.05, 3.63) is 36.0 Å². The van der Waals surface area contributed by atoms with Crippen LogP contribution in [0.4, 0.5) is 5.82 Å². The van der Waals surface area contributed by atoms with E-state index < -0.39 is 0 Å². The van der Waals surface area contributed by atoms with Crippen LogP contribution in [0.5, 0.6) is 0 Å². The Morgan fingerprint density at radius 1 is 1.13 bits per heavy atom. The van der Waals surface area contributed by atoms with Crippen LogP contribution in [0, 0.1) is 6.92 Å². The number of aromatic nitrogens is 3. The van der Waals surface area contributed by atoms with Gasteiger partial charge in [-0.05, 0) is 30.7 Å². The number of hydrogen-bond acceptors (Lipinski definition) is 4. The highest BCUT2D eigenvalue weighted by atomic mass is 15.2. The van der Waals surface area contributed by atoms with E-state index in [9.17, 15) is 0 Å². The van der Waals surface area contributed by atoms with Crippen LogP contribution in [0.1, 0.15) is 5.56 Å². The third kappa shape index (κ3) is 1.93. The molecule has 0 fully saturated rings. The molecule has 0 unspecified atom stereocenters. The van der Waals surface area contributed by atoms with Gasteiger partial charge < -0.3 is 5.32 Å². The molecule has 0 aromatic carbocycles. The molecule has 0 radical (unpaired) electrons. The zero-order valence-corrected chi connectivity index (χ0v) is 8.73. The van der Waals surface area contributed by atoms with Crippen LogP contribution in [0.3, 0.4) is 0 Å². The molecule has 0 aliphatic heterocycles. The van der Waals surface area contributed by atoms with Crippen LogP contribution in [0.2, 0.25) is 0 Å². The van der Waals surface area contributed by atoms with Gasteiger partial charge >= 0.3 is 0 Å². The lowest BCUT2D eigenvalue weighted by Gasteiger charge is -2.04. The number of aryl methyl sites for hydroxylation is 1. The van der Waals surface area contributed by atoms with Gasteiger partial charge in [-0.25, -0.2) is 0 Å². The Bertz CT molecular complexity index is 453. The van der Waals surface area contributed by atoms with Gasteiger partial charge in [0.25, 0.3) is 0 Å². The zero-order valence-electron chi connectivity index (χ0n) is 8.73. The molecule has 2 rings (SSSR count). The van der Waals surface area contributed by atoms with Gasteiger partial charge in [-0.3, -0.25) is 4.98 Å². The second-order valence-corrected chi connectivity index (χ2v) is 3.23. The van der Waals surface area contributed by atoms with Crippen LogP contribution >= 0.6 is 0 Å². The summed E-state index contributed by atoms with van der Waals surface area (Å²) in [6.07, 6.45) is 1.75. The summed E-state index contributed by atoms with van der Waals surface area (Å²) in [5.74, 6) is 0.801. The molecule has 0 atom stereocenters. The van der Waals surface area contributed by atoms with Crippen molar-refractivity contribution in [1.82, 2.24) is 15.2 Å². The van der Waals surface area contributed by atoms with Gasteiger partial charge in [0.2, 0.25) is 0 Å². The smallest absolute Gasteiger partial charge is 0.151 e. The monoisotopic (exact) mass is 200 g/mol. The van der Waals surface area contributed by atoms with Crippen molar-refractivity contribution in [2.24, 2.45) is 0 Å². The van der Waals surface area contributed by atoms with Crippen molar-refractivity contribution in [1.29, 1.82) is 0 Å². The minimum absolute atomic E-state index is 0.798. The van der Waals surface area contributed by atoms with Gasteiger partial charge in [0.1, 0.15) is 5.69 Å². The van der Waals surface area contributed by atoms with Gasteiger partial charge in [-0.15, -0.1) is 10.2 Å². The lowest BCUT2D eigenvalue weighted by molar-refractivity contribution is 1.01.